The third-order valence-electron chi connectivity index (χ3n) is 3.52. The van der Waals surface area contributed by atoms with E-state index >= 15 is 0 Å². The van der Waals surface area contributed by atoms with E-state index in [1.807, 2.05) is 0 Å². The van der Waals surface area contributed by atoms with Gasteiger partial charge < -0.3 is 5.11 Å². The summed E-state index contributed by atoms with van der Waals surface area (Å²) in [6, 6.07) is -0.153. The van der Waals surface area contributed by atoms with Crippen molar-refractivity contribution in [3.05, 3.63) is 11.9 Å². The van der Waals surface area contributed by atoms with Crippen molar-refractivity contribution in [2.45, 2.75) is 56.1 Å². The maximum atomic E-state index is 11.3. The zero-order valence-corrected chi connectivity index (χ0v) is 11.8. The number of nitrogens with zero attached hydrogens (tertiary/aromatic N) is 2. The van der Waals surface area contributed by atoms with Gasteiger partial charge >= 0.3 is 0 Å². The van der Waals surface area contributed by atoms with Crippen LogP contribution in [0.25, 0.3) is 0 Å². The summed E-state index contributed by atoms with van der Waals surface area (Å²) < 4.78 is 24.3. The monoisotopic (exact) mass is 292 g/mol. The van der Waals surface area contributed by atoms with Crippen LogP contribution >= 0.6 is 10.7 Å². The van der Waals surface area contributed by atoms with Crippen molar-refractivity contribution in [3.63, 3.8) is 0 Å². The number of aliphatic hydroxyl groups excluding tert-OH is 1. The van der Waals surface area contributed by atoms with E-state index in [2.05, 4.69) is 5.10 Å². The van der Waals surface area contributed by atoms with E-state index in [-0.39, 0.29) is 10.9 Å². The van der Waals surface area contributed by atoms with Crippen LogP contribution in [0.15, 0.2) is 11.1 Å². The van der Waals surface area contributed by atoms with Crippen molar-refractivity contribution in [3.8, 4) is 0 Å². The predicted octanol–water partition coefficient (Wildman–Crippen LogP) is 1.99. The van der Waals surface area contributed by atoms with E-state index in [0.29, 0.717) is 5.69 Å². The molecule has 1 aromatic rings. The fourth-order valence-electron chi connectivity index (χ4n) is 2.54. The Morgan fingerprint density at radius 2 is 2.06 bits per heavy atom. The Labute approximate surface area is 111 Å². The van der Waals surface area contributed by atoms with Gasteiger partial charge in [-0.15, -0.1) is 0 Å². The van der Waals surface area contributed by atoms with Gasteiger partial charge in [-0.05, 0) is 19.8 Å². The summed E-state index contributed by atoms with van der Waals surface area (Å²) in [5.74, 6) is 0. The highest BCUT2D eigenvalue weighted by Crippen LogP contribution is 2.30. The van der Waals surface area contributed by atoms with Crippen molar-refractivity contribution in [2.75, 3.05) is 0 Å². The van der Waals surface area contributed by atoms with E-state index in [1.165, 1.54) is 6.20 Å². The van der Waals surface area contributed by atoms with Gasteiger partial charge in [0, 0.05) is 10.7 Å². The number of aliphatic hydroxyl groups is 1. The van der Waals surface area contributed by atoms with E-state index < -0.39 is 15.2 Å². The standard InChI is InChI=1S/C11H17ClN2O3S/c1-8-11(18(12,16)17)7-13-14(8)9-5-3-2-4-6-10(9)15/h7,9-10,15H,2-6H2,1H3. The van der Waals surface area contributed by atoms with Gasteiger partial charge in [-0.1, -0.05) is 19.3 Å². The number of rotatable bonds is 2. The lowest BCUT2D eigenvalue weighted by Crippen LogP contribution is -2.24. The van der Waals surface area contributed by atoms with Crippen LogP contribution in [0.1, 0.15) is 43.8 Å². The first-order chi connectivity index (χ1) is 8.41. The molecular formula is C11H17ClN2O3S. The molecular weight excluding hydrogens is 276 g/mol. The summed E-state index contributed by atoms with van der Waals surface area (Å²) in [5, 5.41) is 14.2. The quantitative estimate of drug-likeness (QED) is 0.668. The van der Waals surface area contributed by atoms with Crippen LogP contribution in [-0.4, -0.2) is 29.4 Å². The molecule has 1 fully saturated rings. The van der Waals surface area contributed by atoms with E-state index in [4.69, 9.17) is 10.7 Å². The molecule has 7 heteroatoms. The van der Waals surface area contributed by atoms with Crippen LogP contribution < -0.4 is 0 Å². The lowest BCUT2D eigenvalue weighted by molar-refractivity contribution is 0.0978. The third kappa shape index (κ3) is 2.70. The summed E-state index contributed by atoms with van der Waals surface area (Å²) in [6.07, 6.45) is 5.43. The lowest BCUT2D eigenvalue weighted by atomic mass is 10.1. The maximum absolute atomic E-state index is 11.3. The minimum atomic E-state index is -3.77. The van der Waals surface area contributed by atoms with Crippen LogP contribution in [0.4, 0.5) is 0 Å². The van der Waals surface area contributed by atoms with E-state index in [0.717, 1.165) is 32.1 Å². The first-order valence-corrected chi connectivity index (χ1v) is 8.39. The van der Waals surface area contributed by atoms with Gasteiger partial charge in [0.2, 0.25) is 0 Å². The van der Waals surface area contributed by atoms with Gasteiger partial charge in [0.1, 0.15) is 4.90 Å². The molecule has 5 nitrogen and oxygen atoms in total. The second-order valence-corrected chi connectivity index (χ2v) is 7.28. The van der Waals surface area contributed by atoms with E-state index in [9.17, 15) is 13.5 Å². The first-order valence-electron chi connectivity index (χ1n) is 6.08. The molecule has 0 aliphatic heterocycles. The van der Waals surface area contributed by atoms with Gasteiger partial charge in [-0.3, -0.25) is 4.68 Å². The average Bonchev–Trinajstić information content (AvgIpc) is 2.52. The Morgan fingerprint density at radius 3 is 2.67 bits per heavy atom. The Bertz CT molecular complexity index is 526. The molecule has 0 amide bonds. The van der Waals surface area contributed by atoms with Crippen LogP contribution in [0.5, 0.6) is 0 Å². The molecule has 0 saturated heterocycles. The second-order valence-electron chi connectivity index (χ2n) is 4.75. The molecule has 102 valence electrons. The normalized spacial score (nSPS) is 25.9. The molecule has 1 heterocycles. The zero-order valence-electron chi connectivity index (χ0n) is 10.2. The highest BCUT2D eigenvalue weighted by molar-refractivity contribution is 8.13. The van der Waals surface area contributed by atoms with Crippen molar-refractivity contribution in [1.82, 2.24) is 9.78 Å². The summed E-state index contributed by atoms with van der Waals surface area (Å²) in [7, 11) is 1.57. The minimum absolute atomic E-state index is 0.0283. The summed E-state index contributed by atoms with van der Waals surface area (Å²) in [4.78, 5) is 0.0283. The highest BCUT2D eigenvalue weighted by Gasteiger charge is 2.27. The van der Waals surface area contributed by atoms with Crippen LogP contribution in [-0.2, 0) is 9.05 Å². The van der Waals surface area contributed by atoms with E-state index in [1.54, 1.807) is 11.6 Å². The Hall–Kier alpha value is -0.590. The molecule has 1 saturated carbocycles. The molecule has 1 aromatic heterocycles. The van der Waals surface area contributed by atoms with Crippen LogP contribution in [0.3, 0.4) is 0 Å². The Morgan fingerprint density at radius 1 is 1.39 bits per heavy atom. The van der Waals surface area contributed by atoms with Crippen LogP contribution in [0.2, 0.25) is 0 Å². The zero-order chi connectivity index (χ0) is 13.3. The molecule has 0 radical (unpaired) electrons. The smallest absolute Gasteiger partial charge is 0.264 e. The molecule has 0 spiro atoms. The number of aromatic nitrogens is 2. The summed E-state index contributed by atoms with van der Waals surface area (Å²) in [6.45, 7) is 1.67. The van der Waals surface area contributed by atoms with Gasteiger partial charge in [0.25, 0.3) is 9.05 Å². The summed E-state index contributed by atoms with van der Waals surface area (Å²) in [5.41, 5.74) is 0.496. The fourth-order valence-corrected chi connectivity index (χ4v) is 3.61. The molecule has 2 unspecified atom stereocenters. The highest BCUT2D eigenvalue weighted by atomic mass is 35.7. The van der Waals surface area contributed by atoms with Crippen molar-refractivity contribution < 1.29 is 13.5 Å². The topological polar surface area (TPSA) is 72.2 Å². The molecule has 1 aliphatic carbocycles. The molecule has 0 aromatic carbocycles. The van der Waals surface area contributed by atoms with Gasteiger partial charge in [0.05, 0.1) is 24.0 Å². The second kappa shape index (κ2) is 5.19. The molecule has 2 atom stereocenters. The Balaban J connectivity index is 2.36. The summed E-state index contributed by atoms with van der Waals surface area (Å²) >= 11 is 0. The molecule has 1 N–H and O–H groups in total. The largest absolute Gasteiger partial charge is 0.391 e. The predicted molar refractivity (Wildman–Crippen MR) is 68.1 cm³/mol. The number of hydrogen-bond donors (Lipinski definition) is 1. The average molecular weight is 293 g/mol. The lowest BCUT2D eigenvalue weighted by Gasteiger charge is -2.22. The van der Waals surface area contributed by atoms with Gasteiger partial charge in [0.15, 0.2) is 0 Å². The van der Waals surface area contributed by atoms with Gasteiger partial charge in [-0.2, -0.15) is 5.10 Å². The van der Waals surface area contributed by atoms with Crippen molar-refractivity contribution in [2.24, 2.45) is 0 Å². The first kappa shape index (κ1) is 13.8. The number of hydrogen-bond acceptors (Lipinski definition) is 4. The Kier molecular flexibility index (Phi) is 3.99. The fraction of sp³-hybridized carbons (Fsp3) is 0.727. The molecule has 0 bridgehead atoms. The SMILES string of the molecule is Cc1c(S(=O)(=O)Cl)cnn1C1CCCCCC1O. The third-order valence-corrected chi connectivity index (χ3v) is 4.95. The van der Waals surface area contributed by atoms with Crippen molar-refractivity contribution in [1.29, 1.82) is 0 Å². The van der Waals surface area contributed by atoms with Crippen LogP contribution in [0, 0.1) is 6.92 Å². The minimum Gasteiger partial charge on any atom is -0.391 e. The van der Waals surface area contributed by atoms with Crippen molar-refractivity contribution >= 4 is 19.7 Å². The number of halogens is 1. The molecule has 1 aliphatic rings. The maximum Gasteiger partial charge on any atom is 0.264 e. The van der Waals surface area contributed by atoms with Gasteiger partial charge in [-0.25, -0.2) is 8.42 Å². The molecule has 2 rings (SSSR count). The molecule has 18 heavy (non-hydrogen) atoms.